The molecule has 1 saturated heterocycles. The average Bonchev–Trinajstić information content (AvgIpc) is 3.38. The first-order valence-electron chi connectivity index (χ1n) is 16.1. The first-order chi connectivity index (χ1) is 23.5. The number of hydrogen-bond acceptors (Lipinski definition) is 10. The van der Waals surface area contributed by atoms with Crippen LogP contribution in [-0.2, 0) is 49.3 Å². The van der Waals surface area contributed by atoms with Gasteiger partial charge in [0.25, 0.3) is 8.53 Å². The Balaban J connectivity index is 0.00000676. The number of methoxy groups -OCH3 is 2. The van der Waals surface area contributed by atoms with Gasteiger partial charge in [0, 0.05) is 32.5 Å². The second-order valence-corrected chi connectivity index (χ2v) is 13.3. The van der Waals surface area contributed by atoms with Crippen molar-refractivity contribution >= 4 is 22.5 Å². The summed E-state index contributed by atoms with van der Waals surface area (Å²) in [5, 5.41) is 9.20. The molecule has 0 spiro atoms. The van der Waals surface area contributed by atoms with Crippen molar-refractivity contribution in [1.29, 1.82) is 5.26 Å². The predicted octanol–water partition coefficient (Wildman–Crippen LogP) is 7.12. The fourth-order valence-electron chi connectivity index (χ4n) is 5.95. The van der Waals surface area contributed by atoms with E-state index >= 15 is 0 Å². The van der Waals surface area contributed by atoms with Crippen LogP contribution in [0.2, 0.25) is 0 Å². The Morgan fingerprint density at radius 3 is 1.90 bits per heavy atom. The third-order valence-corrected chi connectivity index (χ3v) is 10.2. The zero-order valence-electron chi connectivity index (χ0n) is 29.2. The molecule has 1 N–H and O–H groups in total. The van der Waals surface area contributed by atoms with E-state index in [0.29, 0.717) is 11.5 Å². The van der Waals surface area contributed by atoms with Crippen LogP contribution in [-0.4, -0.2) is 82.4 Å². The van der Waals surface area contributed by atoms with E-state index in [-0.39, 0.29) is 52.1 Å². The summed E-state index contributed by atoms with van der Waals surface area (Å²) in [6.07, 6.45) is -4.07. The fraction of sp³-hybridized carbons (Fsp3) is 0.444. The van der Waals surface area contributed by atoms with Gasteiger partial charge in [0.1, 0.15) is 43.3 Å². The molecule has 3 aromatic rings. The minimum absolute atomic E-state index is 0. The summed E-state index contributed by atoms with van der Waals surface area (Å²) >= 11 is 0. The van der Waals surface area contributed by atoms with Gasteiger partial charge in [0.15, 0.2) is 0 Å². The SMILES string of the molecule is [B][C@@H]1O[C@H](COC(c2ccccc2)(c2ccc(OC)cc2)c2ccc(OC)cc2)[C@H](OP(OCCC#N)N(C(C)C)C(C)C)[C@@H]1OC([NH-])=O.[Re]. The van der Waals surface area contributed by atoms with Gasteiger partial charge in [0.2, 0.25) is 6.09 Å². The van der Waals surface area contributed by atoms with E-state index in [0.717, 1.165) is 16.7 Å². The number of amides is 1. The Morgan fingerprint density at radius 1 is 0.920 bits per heavy atom. The minimum atomic E-state index is -1.79. The third kappa shape index (κ3) is 9.85. The van der Waals surface area contributed by atoms with E-state index in [1.54, 1.807) is 14.2 Å². The first kappa shape index (κ1) is 41.4. The molecule has 1 aliphatic rings. The molecular weight excluding hydrogens is 830 g/mol. The summed E-state index contributed by atoms with van der Waals surface area (Å²) in [6, 6.07) is 26.1. The van der Waals surface area contributed by atoms with Gasteiger partial charge in [-0.15, -0.1) is 0 Å². The maximum absolute atomic E-state index is 12.0. The standard InChI is InChI=1S/C36H45BN3O8P.Re/c1-24(2)40(25(3)4)49(45-22-10-21-38)48-32-31(46-34(37)33(32)47-35(39)41)23-44-36(26-11-8-7-9-12-26,27-13-17-29(42-5)18-14-27)28-15-19-30(43-6)20-16-28;/h7-9,11-20,24-25,31-34H,10,22-23H2,1-6H3,(H2,39,41);/p-1/t31-,32+,33+,34-,49?;/m1./s1. The van der Waals surface area contributed by atoms with Gasteiger partial charge >= 0.3 is 0 Å². The molecule has 1 aliphatic heterocycles. The summed E-state index contributed by atoms with van der Waals surface area (Å²) in [6.45, 7) is 8.13. The topological polar surface area (TPSA) is 133 Å². The number of nitrogens with one attached hydrogen (secondary N) is 1. The van der Waals surface area contributed by atoms with E-state index in [1.807, 2.05) is 107 Å². The van der Waals surface area contributed by atoms with Gasteiger partial charge < -0.3 is 38.5 Å². The van der Waals surface area contributed by atoms with E-state index in [4.69, 9.17) is 46.3 Å². The Morgan fingerprint density at radius 2 is 1.44 bits per heavy atom. The van der Waals surface area contributed by atoms with Crippen LogP contribution in [0.25, 0.3) is 5.73 Å². The largest absolute Gasteiger partial charge is 0.632 e. The number of ether oxygens (including phenoxy) is 5. The van der Waals surface area contributed by atoms with Crippen LogP contribution in [0.4, 0.5) is 4.79 Å². The Bertz CT molecular complexity index is 1460. The molecule has 4 rings (SSSR count). The number of benzene rings is 3. The summed E-state index contributed by atoms with van der Waals surface area (Å²) in [7, 11) is 7.83. The second-order valence-electron chi connectivity index (χ2n) is 11.9. The molecule has 11 nitrogen and oxygen atoms in total. The fourth-order valence-corrected chi connectivity index (χ4v) is 7.72. The van der Waals surface area contributed by atoms with Crippen molar-refractivity contribution < 1.29 is 57.9 Å². The van der Waals surface area contributed by atoms with Crippen molar-refractivity contribution in [2.75, 3.05) is 27.4 Å². The van der Waals surface area contributed by atoms with Crippen molar-refractivity contribution in [3.05, 3.63) is 101 Å². The number of rotatable bonds is 17. The van der Waals surface area contributed by atoms with Gasteiger partial charge in [-0.05, 0) is 68.7 Å². The van der Waals surface area contributed by atoms with Crippen LogP contribution in [0.15, 0.2) is 78.9 Å². The Kier molecular flexibility index (Phi) is 16.2. The quantitative estimate of drug-likeness (QED) is 0.0598. The normalized spacial score (nSPS) is 19.5. The van der Waals surface area contributed by atoms with Gasteiger partial charge in [-0.1, -0.05) is 54.6 Å². The number of nitriles is 1. The van der Waals surface area contributed by atoms with Crippen LogP contribution in [0.5, 0.6) is 11.5 Å². The van der Waals surface area contributed by atoms with Gasteiger partial charge in [0.05, 0.1) is 45.9 Å². The van der Waals surface area contributed by atoms with Crippen LogP contribution in [0.1, 0.15) is 50.8 Å². The molecule has 0 saturated carbocycles. The number of nitrogens with zero attached hydrogens (tertiary/aromatic N) is 2. The zero-order valence-corrected chi connectivity index (χ0v) is 32.8. The molecule has 0 bridgehead atoms. The van der Waals surface area contributed by atoms with Crippen LogP contribution in [0, 0.1) is 11.3 Å². The average molecular weight is 875 g/mol. The molecule has 3 radical (unpaired) electrons. The van der Waals surface area contributed by atoms with Crippen LogP contribution >= 0.6 is 8.53 Å². The summed E-state index contributed by atoms with van der Waals surface area (Å²) in [4.78, 5) is 12.0. The molecule has 267 valence electrons. The predicted molar refractivity (Wildman–Crippen MR) is 187 cm³/mol. The van der Waals surface area contributed by atoms with Gasteiger partial charge in [-0.3, -0.25) is 4.79 Å². The minimum Gasteiger partial charge on any atom is -0.632 e. The van der Waals surface area contributed by atoms with E-state index < -0.39 is 44.5 Å². The maximum atomic E-state index is 12.0. The molecule has 0 aliphatic carbocycles. The smallest absolute Gasteiger partial charge is 0.259 e. The third-order valence-electron chi connectivity index (χ3n) is 8.10. The van der Waals surface area contributed by atoms with E-state index in [2.05, 4.69) is 10.7 Å². The molecule has 1 fully saturated rings. The maximum Gasteiger partial charge on any atom is 0.259 e. The van der Waals surface area contributed by atoms with Crippen molar-refractivity contribution in [3.8, 4) is 17.6 Å². The molecule has 3 aromatic carbocycles. The second kappa shape index (κ2) is 19.5. The number of carbonyl (C=O) groups is 1. The zero-order chi connectivity index (χ0) is 35.6. The van der Waals surface area contributed by atoms with E-state index in [1.165, 1.54) is 0 Å². The van der Waals surface area contributed by atoms with Crippen LogP contribution < -0.4 is 9.47 Å². The molecule has 1 unspecified atom stereocenters. The molecule has 0 aromatic heterocycles. The van der Waals surface area contributed by atoms with Crippen LogP contribution in [0.3, 0.4) is 0 Å². The van der Waals surface area contributed by atoms with Gasteiger partial charge in [-0.25, -0.2) is 4.67 Å². The van der Waals surface area contributed by atoms with Gasteiger partial charge in [-0.2, -0.15) is 5.26 Å². The molecular formula is C36H44BN3O8PRe-. The van der Waals surface area contributed by atoms with Crippen molar-refractivity contribution in [2.24, 2.45) is 0 Å². The van der Waals surface area contributed by atoms with Crippen molar-refractivity contribution in [3.63, 3.8) is 0 Å². The molecule has 14 heteroatoms. The monoisotopic (exact) mass is 875 g/mol. The Labute approximate surface area is 311 Å². The molecule has 5 atom stereocenters. The molecule has 50 heavy (non-hydrogen) atoms. The molecule has 1 amide bonds. The van der Waals surface area contributed by atoms with Crippen molar-refractivity contribution in [2.45, 2.75) is 76.1 Å². The number of hydrogen-bond donors (Lipinski definition) is 0. The summed E-state index contributed by atoms with van der Waals surface area (Å²) < 4.78 is 44.5. The Hall–Kier alpha value is -3.02. The molecule has 1 heterocycles. The summed E-state index contributed by atoms with van der Waals surface area (Å²) in [5.41, 5.74) is 8.87. The summed E-state index contributed by atoms with van der Waals surface area (Å²) in [5.74, 6) is 1.37. The number of carbonyl (C=O) groups excluding carboxylic acids is 1. The first-order valence-corrected chi connectivity index (χ1v) is 17.3. The van der Waals surface area contributed by atoms with E-state index in [9.17, 15) is 10.1 Å². The van der Waals surface area contributed by atoms with Crippen molar-refractivity contribution in [1.82, 2.24) is 4.67 Å².